The Labute approximate surface area is 171 Å². The highest BCUT2D eigenvalue weighted by molar-refractivity contribution is 8.07. The van der Waals surface area contributed by atoms with Crippen LogP contribution in [0.5, 0.6) is 0 Å². The van der Waals surface area contributed by atoms with E-state index in [0.29, 0.717) is 10.2 Å². The number of hydrogen-bond acceptors (Lipinski definition) is 3. The van der Waals surface area contributed by atoms with E-state index in [1.807, 2.05) is 60.0 Å². The first-order valence-corrected chi connectivity index (χ1v) is 11.4. The number of aliphatic hydroxyl groups is 1. The summed E-state index contributed by atoms with van der Waals surface area (Å²) in [5.41, 5.74) is 0. The topological polar surface area (TPSA) is 44.0 Å². The largest absolute Gasteiger partial charge is 0.380 e. The molecule has 0 saturated heterocycles. The smallest absolute Gasteiger partial charge is 0.143 e. The molecule has 3 aromatic carbocycles. The van der Waals surface area contributed by atoms with Gasteiger partial charge in [-0.1, -0.05) is 67.8 Å². The molecule has 0 fully saturated rings. The van der Waals surface area contributed by atoms with Gasteiger partial charge in [0.05, 0.1) is 0 Å². The highest BCUT2D eigenvalue weighted by atomic mass is 32.2. The lowest BCUT2D eigenvalue weighted by Crippen LogP contribution is -2.35. The zero-order valence-corrected chi connectivity index (χ0v) is 17.1. The molecule has 1 unspecified atom stereocenters. The summed E-state index contributed by atoms with van der Waals surface area (Å²) < 4.78 is 0. The van der Waals surface area contributed by atoms with E-state index >= 15 is 0 Å². The van der Waals surface area contributed by atoms with Crippen LogP contribution in [0.1, 0.15) is 0 Å². The summed E-state index contributed by atoms with van der Waals surface area (Å²) in [6.07, 6.45) is -1.00. The molecule has 0 aliphatic heterocycles. The Morgan fingerprint density at radius 3 is 1.46 bits per heavy atom. The summed E-state index contributed by atoms with van der Waals surface area (Å²) in [5.74, 6) is 0. The fourth-order valence-corrected chi connectivity index (χ4v) is 8.11. The molecule has 0 amide bonds. The summed E-state index contributed by atoms with van der Waals surface area (Å²) >= 11 is 0.887. The Morgan fingerprint density at radius 2 is 1.14 bits per heavy atom. The second-order valence-corrected chi connectivity index (χ2v) is 10.6. The van der Waals surface area contributed by atoms with Gasteiger partial charge in [-0.25, -0.2) is 0 Å². The van der Waals surface area contributed by atoms with Crippen molar-refractivity contribution in [1.82, 2.24) is 0 Å². The first-order chi connectivity index (χ1) is 13.6. The van der Waals surface area contributed by atoms with E-state index in [1.165, 1.54) is 0 Å². The molecular formula is C24H21NOPS+. The summed E-state index contributed by atoms with van der Waals surface area (Å²) in [6, 6.07) is 30.5. The van der Waals surface area contributed by atoms with Crippen molar-refractivity contribution in [3.63, 3.8) is 0 Å². The van der Waals surface area contributed by atoms with Crippen molar-refractivity contribution in [2.45, 2.75) is 6.10 Å². The standard InChI is InChI=1S/C24H21NOPS/c1-19(24(26)20(2)28-18-25)27(21-12-6-3-7-13-21,22-14-8-4-9-15-22)23-16-10-5-11-17-23/h3-17,24,26H,1-2H2/q+1. The normalized spacial score (nSPS) is 12.0. The van der Waals surface area contributed by atoms with Gasteiger partial charge in [0.15, 0.2) is 0 Å². The molecule has 2 nitrogen and oxygen atoms in total. The van der Waals surface area contributed by atoms with Crippen LogP contribution in [0.25, 0.3) is 0 Å². The van der Waals surface area contributed by atoms with Crippen molar-refractivity contribution in [3.8, 4) is 5.40 Å². The number of aliphatic hydroxyl groups excluding tert-OH is 1. The molecule has 0 aliphatic rings. The molecule has 0 heterocycles. The number of benzene rings is 3. The molecule has 0 saturated carbocycles. The van der Waals surface area contributed by atoms with Crippen LogP contribution >= 0.6 is 19.0 Å². The van der Waals surface area contributed by atoms with E-state index in [0.717, 1.165) is 27.7 Å². The van der Waals surface area contributed by atoms with Crippen LogP contribution in [0.3, 0.4) is 0 Å². The van der Waals surface area contributed by atoms with Crippen molar-refractivity contribution >= 4 is 34.9 Å². The molecule has 4 heteroatoms. The van der Waals surface area contributed by atoms with Gasteiger partial charge in [-0.2, -0.15) is 5.26 Å². The summed E-state index contributed by atoms with van der Waals surface area (Å²) in [6.45, 7) is 8.28. The quantitative estimate of drug-likeness (QED) is 0.465. The zero-order valence-electron chi connectivity index (χ0n) is 15.4. The molecule has 0 aromatic heterocycles. The summed E-state index contributed by atoms with van der Waals surface area (Å²) in [7, 11) is -2.41. The number of hydrogen-bond donors (Lipinski definition) is 1. The van der Waals surface area contributed by atoms with E-state index < -0.39 is 13.4 Å². The lowest BCUT2D eigenvalue weighted by molar-refractivity contribution is 0.264. The first-order valence-electron chi connectivity index (χ1n) is 8.80. The third-order valence-electron chi connectivity index (χ3n) is 4.66. The molecule has 3 aromatic rings. The number of thioether (sulfide) groups is 1. The van der Waals surface area contributed by atoms with Gasteiger partial charge in [-0.15, -0.1) is 0 Å². The predicted octanol–water partition coefficient (Wildman–Crippen LogP) is 4.58. The van der Waals surface area contributed by atoms with Gasteiger partial charge in [-0.3, -0.25) is 0 Å². The Balaban J connectivity index is 2.33. The Hall–Kier alpha value is -2.63. The lowest BCUT2D eigenvalue weighted by Gasteiger charge is -2.31. The van der Waals surface area contributed by atoms with Crippen molar-refractivity contribution in [2.24, 2.45) is 0 Å². The fraction of sp³-hybridized carbons (Fsp3) is 0.0417. The van der Waals surface area contributed by atoms with Gasteiger partial charge in [-0.05, 0) is 48.2 Å². The predicted molar refractivity (Wildman–Crippen MR) is 123 cm³/mol. The minimum atomic E-state index is -2.41. The fourth-order valence-electron chi connectivity index (χ4n) is 3.38. The van der Waals surface area contributed by atoms with Crippen LogP contribution in [0.15, 0.2) is 114 Å². The molecule has 138 valence electrons. The van der Waals surface area contributed by atoms with Gasteiger partial charge in [0, 0.05) is 4.91 Å². The van der Waals surface area contributed by atoms with Gasteiger partial charge in [0.2, 0.25) is 0 Å². The SMILES string of the molecule is C=C(SC#N)C(O)C(=C)[P+](c1ccccc1)(c1ccccc1)c1ccccc1. The maximum atomic E-state index is 11.1. The maximum absolute atomic E-state index is 11.1. The molecule has 1 N–H and O–H groups in total. The number of thiocyanates is 1. The highest BCUT2D eigenvalue weighted by Crippen LogP contribution is 2.63. The second kappa shape index (κ2) is 9.04. The molecule has 0 radical (unpaired) electrons. The van der Waals surface area contributed by atoms with Gasteiger partial charge in [0.1, 0.15) is 40.0 Å². The lowest BCUT2D eigenvalue weighted by atomic mass is 10.3. The van der Waals surface area contributed by atoms with Crippen LogP contribution in [0, 0.1) is 10.7 Å². The monoisotopic (exact) mass is 402 g/mol. The third kappa shape index (κ3) is 3.68. The summed E-state index contributed by atoms with van der Waals surface area (Å²) in [5, 5.41) is 26.1. The van der Waals surface area contributed by atoms with Gasteiger partial charge in [0.25, 0.3) is 0 Å². The van der Waals surface area contributed by atoms with E-state index in [4.69, 9.17) is 5.26 Å². The average molecular weight is 402 g/mol. The van der Waals surface area contributed by atoms with Crippen molar-refractivity contribution < 1.29 is 5.11 Å². The third-order valence-corrected chi connectivity index (χ3v) is 9.56. The molecule has 28 heavy (non-hydrogen) atoms. The van der Waals surface area contributed by atoms with E-state index in [-0.39, 0.29) is 0 Å². The van der Waals surface area contributed by atoms with Crippen LogP contribution in [0.4, 0.5) is 0 Å². The van der Waals surface area contributed by atoms with E-state index in [9.17, 15) is 5.11 Å². The minimum absolute atomic E-state index is 0.389. The molecule has 1 atom stereocenters. The maximum Gasteiger partial charge on any atom is 0.143 e. The van der Waals surface area contributed by atoms with E-state index in [1.54, 1.807) is 0 Å². The van der Waals surface area contributed by atoms with Gasteiger partial charge >= 0.3 is 0 Å². The highest BCUT2D eigenvalue weighted by Gasteiger charge is 2.51. The molecule has 3 rings (SSSR count). The van der Waals surface area contributed by atoms with Crippen LogP contribution in [0.2, 0.25) is 0 Å². The molecule has 0 aliphatic carbocycles. The minimum Gasteiger partial charge on any atom is -0.380 e. The van der Waals surface area contributed by atoms with Crippen LogP contribution in [-0.4, -0.2) is 11.2 Å². The Kier molecular flexibility index (Phi) is 6.49. The average Bonchev–Trinajstić information content (AvgIpc) is 2.76. The van der Waals surface area contributed by atoms with Crippen molar-refractivity contribution in [3.05, 3.63) is 114 Å². The Bertz CT molecular complexity index is 900. The Morgan fingerprint density at radius 1 is 0.786 bits per heavy atom. The second-order valence-electron chi connectivity index (χ2n) is 6.23. The van der Waals surface area contributed by atoms with Crippen LogP contribution in [-0.2, 0) is 0 Å². The molecule has 0 bridgehead atoms. The van der Waals surface area contributed by atoms with E-state index in [2.05, 4.69) is 49.6 Å². The van der Waals surface area contributed by atoms with Gasteiger partial charge < -0.3 is 5.11 Å². The number of nitriles is 1. The summed E-state index contributed by atoms with van der Waals surface area (Å²) in [4.78, 5) is 0.389. The number of nitrogens with zero attached hydrogens (tertiary/aromatic N) is 1. The number of rotatable bonds is 7. The zero-order chi connectivity index (χ0) is 20.0. The molecule has 0 spiro atoms. The van der Waals surface area contributed by atoms with Crippen molar-refractivity contribution in [2.75, 3.05) is 0 Å². The van der Waals surface area contributed by atoms with Crippen molar-refractivity contribution in [1.29, 1.82) is 5.26 Å². The first kappa shape index (κ1) is 20.1. The molecular weight excluding hydrogens is 381 g/mol. The van der Waals surface area contributed by atoms with Crippen LogP contribution < -0.4 is 15.9 Å².